The molecule has 13 heavy (non-hydrogen) atoms. The van der Waals surface area contributed by atoms with E-state index in [9.17, 15) is 4.79 Å². The maximum absolute atomic E-state index is 11.2. The Morgan fingerprint density at radius 2 is 2.54 bits per heavy atom. The molecule has 72 valence electrons. The van der Waals surface area contributed by atoms with Crippen molar-refractivity contribution in [3.05, 3.63) is 18.2 Å². The van der Waals surface area contributed by atoms with Crippen molar-refractivity contribution in [2.45, 2.75) is 13.5 Å². The third kappa shape index (κ3) is 2.77. The lowest BCUT2D eigenvalue weighted by Crippen LogP contribution is -2.36. The summed E-state index contributed by atoms with van der Waals surface area (Å²) >= 11 is 0. The minimum Gasteiger partial charge on any atom is -0.347 e. The first-order valence-corrected chi connectivity index (χ1v) is 4.21. The van der Waals surface area contributed by atoms with E-state index >= 15 is 0 Å². The lowest BCUT2D eigenvalue weighted by Gasteiger charge is -2.14. The van der Waals surface area contributed by atoms with Gasteiger partial charge in [-0.25, -0.2) is 9.78 Å². The van der Waals surface area contributed by atoms with E-state index in [2.05, 4.69) is 15.3 Å². The normalized spacial score (nSPS) is 9.69. The summed E-state index contributed by atoms with van der Waals surface area (Å²) < 4.78 is 0. The van der Waals surface area contributed by atoms with Gasteiger partial charge in [0.25, 0.3) is 0 Å². The van der Waals surface area contributed by atoms with Crippen molar-refractivity contribution in [1.29, 1.82) is 0 Å². The first kappa shape index (κ1) is 9.57. The quantitative estimate of drug-likeness (QED) is 0.718. The number of imidazole rings is 1. The predicted octanol–water partition coefficient (Wildman–Crippen LogP) is 0.571. The van der Waals surface area contributed by atoms with E-state index in [1.54, 1.807) is 24.3 Å². The second kappa shape index (κ2) is 4.49. The molecule has 2 amide bonds. The van der Waals surface area contributed by atoms with Gasteiger partial charge in [0.05, 0.1) is 6.54 Å². The minimum atomic E-state index is -0.0844. The number of hydrogen-bond donors (Lipinski definition) is 2. The summed E-state index contributed by atoms with van der Waals surface area (Å²) in [5.74, 6) is 0.762. The summed E-state index contributed by atoms with van der Waals surface area (Å²) in [5, 5.41) is 2.73. The van der Waals surface area contributed by atoms with Gasteiger partial charge >= 0.3 is 6.03 Å². The number of rotatable bonds is 3. The number of aromatic nitrogens is 2. The Bertz CT molecular complexity index is 257. The van der Waals surface area contributed by atoms with E-state index in [0.29, 0.717) is 13.1 Å². The van der Waals surface area contributed by atoms with Crippen LogP contribution in [0.2, 0.25) is 0 Å². The molecule has 1 rings (SSSR count). The van der Waals surface area contributed by atoms with Crippen LogP contribution in [0.25, 0.3) is 0 Å². The highest BCUT2D eigenvalue weighted by atomic mass is 16.2. The molecule has 0 spiro atoms. The fourth-order valence-electron chi connectivity index (χ4n) is 0.833. The molecule has 0 bridgehead atoms. The van der Waals surface area contributed by atoms with Crippen molar-refractivity contribution in [2.24, 2.45) is 0 Å². The number of nitrogens with zero attached hydrogens (tertiary/aromatic N) is 2. The zero-order chi connectivity index (χ0) is 9.68. The van der Waals surface area contributed by atoms with Crippen LogP contribution in [-0.4, -0.2) is 34.5 Å². The molecular formula is C8H14N4O. The number of amides is 2. The molecular weight excluding hydrogens is 168 g/mol. The SMILES string of the molecule is CCN(C)C(=O)NCc1ncc[nH]1. The maximum Gasteiger partial charge on any atom is 0.317 e. The van der Waals surface area contributed by atoms with Crippen LogP contribution >= 0.6 is 0 Å². The summed E-state index contributed by atoms with van der Waals surface area (Å²) in [7, 11) is 1.75. The van der Waals surface area contributed by atoms with Crippen molar-refractivity contribution in [3.63, 3.8) is 0 Å². The van der Waals surface area contributed by atoms with Gasteiger partial charge in [-0.3, -0.25) is 0 Å². The first-order chi connectivity index (χ1) is 6.24. The zero-order valence-electron chi connectivity index (χ0n) is 7.87. The Labute approximate surface area is 77.2 Å². The molecule has 0 aliphatic heterocycles. The van der Waals surface area contributed by atoms with E-state index in [-0.39, 0.29) is 6.03 Å². The number of H-pyrrole nitrogens is 1. The van der Waals surface area contributed by atoms with Crippen LogP contribution in [0.4, 0.5) is 4.79 Å². The molecule has 5 nitrogen and oxygen atoms in total. The average molecular weight is 182 g/mol. The molecule has 0 aromatic carbocycles. The maximum atomic E-state index is 11.2. The third-order valence-electron chi connectivity index (χ3n) is 1.78. The van der Waals surface area contributed by atoms with Crippen LogP contribution in [0, 0.1) is 0 Å². The highest BCUT2D eigenvalue weighted by Gasteiger charge is 2.05. The fourth-order valence-corrected chi connectivity index (χ4v) is 0.833. The van der Waals surface area contributed by atoms with Gasteiger partial charge in [0.2, 0.25) is 0 Å². The number of aromatic amines is 1. The van der Waals surface area contributed by atoms with Gasteiger partial charge in [0.15, 0.2) is 0 Å². The molecule has 0 unspecified atom stereocenters. The molecule has 0 radical (unpaired) electrons. The molecule has 1 heterocycles. The van der Waals surface area contributed by atoms with Crippen LogP contribution in [0.3, 0.4) is 0 Å². The Morgan fingerprint density at radius 3 is 3.08 bits per heavy atom. The molecule has 0 aliphatic rings. The van der Waals surface area contributed by atoms with Crippen LogP contribution in [0.5, 0.6) is 0 Å². The number of hydrogen-bond acceptors (Lipinski definition) is 2. The van der Waals surface area contributed by atoms with E-state index in [1.807, 2.05) is 6.92 Å². The van der Waals surface area contributed by atoms with E-state index in [0.717, 1.165) is 5.82 Å². The van der Waals surface area contributed by atoms with Crippen LogP contribution in [-0.2, 0) is 6.54 Å². The molecule has 0 saturated carbocycles. The summed E-state index contributed by atoms with van der Waals surface area (Å²) in [6.07, 6.45) is 3.38. The largest absolute Gasteiger partial charge is 0.347 e. The molecule has 1 aromatic rings. The van der Waals surface area contributed by atoms with E-state index in [1.165, 1.54) is 0 Å². The molecule has 0 aliphatic carbocycles. The number of nitrogens with one attached hydrogen (secondary N) is 2. The summed E-state index contributed by atoms with van der Waals surface area (Å²) in [6.45, 7) is 3.06. The molecule has 1 aromatic heterocycles. The number of urea groups is 1. The van der Waals surface area contributed by atoms with Crippen molar-refractivity contribution in [1.82, 2.24) is 20.2 Å². The third-order valence-corrected chi connectivity index (χ3v) is 1.78. The van der Waals surface area contributed by atoms with Gasteiger partial charge in [-0.15, -0.1) is 0 Å². The smallest absolute Gasteiger partial charge is 0.317 e. The predicted molar refractivity (Wildman–Crippen MR) is 49.1 cm³/mol. The molecule has 0 atom stereocenters. The van der Waals surface area contributed by atoms with E-state index < -0.39 is 0 Å². The minimum absolute atomic E-state index is 0.0844. The first-order valence-electron chi connectivity index (χ1n) is 4.21. The van der Waals surface area contributed by atoms with Gasteiger partial charge in [0, 0.05) is 26.0 Å². The van der Waals surface area contributed by atoms with Crippen molar-refractivity contribution in [3.8, 4) is 0 Å². The second-order valence-corrected chi connectivity index (χ2v) is 2.71. The van der Waals surface area contributed by atoms with Gasteiger partial charge < -0.3 is 15.2 Å². The molecule has 0 fully saturated rings. The van der Waals surface area contributed by atoms with Gasteiger partial charge in [-0.2, -0.15) is 0 Å². The molecule has 5 heteroatoms. The second-order valence-electron chi connectivity index (χ2n) is 2.71. The van der Waals surface area contributed by atoms with Crippen molar-refractivity contribution < 1.29 is 4.79 Å². The van der Waals surface area contributed by atoms with E-state index in [4.69, 9.17) is 0 Å². The van der Waals surface area contributed by atoms with Crippen LogP contribution < -0.4 is 5.32 Å². The Morgan fingerprint density at radius 1 is 1.77 bits per heavy atom. The van der Waals surface area contributed by atoms with Gasteiger partial charge in [0.1, 0.15) is 5.82 Å². The monoisotopic (exact) mass is 182 g/mol. The average Bonchev–Trinajstić information content (AvgIpc) is 2.65. The van der Waals surface area contributed by atoms with Crippen molar-refractivity contribution >= 4 is 6.03 Å². The topological polar surface area (TPSA) is 61.0 Å². The highest BCUT2D eigenvalue weighted by Crippen LogP contribution is 1.88. The molecule has 0 saturated heterocycles. The lowest BCUT2D eigenvalue weighted by atomic mass is 10.6. The van der Waals surface area contributed by atoms with Gasteiger partial charge in [-0.05, 0) is 6.92 Å². The zero-order valence-corrected chi connectivity index (χ0v) is 7.87. The lowest BCUT2D eigenvalue weighted by molar-refractivity contribution is 0.210. The summed E-state index contributed by atoms with van der Waals surface area (Å²) in [5.41, 5.74) is 0. The van der Waals surface area contributed by atoms with Crippen LogP contribution in [0.15, 0.2) is 12.4 Å². The summed E-state index contributed by atoms with van der Waals surface area (Å²) in [6, 6.07) is -0.0844. The number of carbonyl (C=O) groups excluding carboxylic acids is 1. The van der Waals surface area contributed by atoms with Crippen LogP contribution in [0.1, 0.15) is 12.7 Å². The standard InChI is InChI=1S/C8H14N4O/c1-3-12(2)8(13)11-6-7-9-4-5-10-7/h4-5H,3,6H2,1-2H3,(H,9,10)(H,11,13). The van der Waals surface area contributed by atoms with Crippen molar-refractivity contribution in [2.75, 3.05) is 13.6 Å². The van der Waals surface area contributed by atoms with Gasteiger partial charge in [-0.1, -0.05) is 0 Å². The summed E-state index contributed by atoms with van der Waals surface area (Å²) in [4.78, 5) is 19.7. The highest BCUT2D eigenvalue weighted by molar-refractivity contribution is 5.73. The number of carbonyl (C=O) groups is 1. The Hall–Kier alpha value is -1.52. The Kier molecular flexibility index (Phi) is 3.31. The fraction of sp³-hybridized carbons (Fsp3) is 0.500. The Balaban J connectivity index is 2.31. The molecule has 2 N–H and O–H groups in total.